The number of amides is 1. The molecule has 1 aromatic rings. The molecule has 116 valence electrons. The molecule has 1 aromatic carbocycles. The average molecular weight is 290 g/mol. The third-order valence-electron chi connectivity index (χ3n) is 4.04. The predicted molar refractivity (Wildman–Crippen MR) is 85.6 cm³/mol. The third-order valence-corrected chi connectivity index (χ3v) is 4.04. The molecule has 1 aliphatic heterocycles. The van der Waals surface area contributed by atoms with Gasteiger partial charge in [-0.2, -0.15) is 0 Å². The maximum Gasteiger partial charge on any atom is 0.234 e. The second-order valence-electron chi connectivity index (χ2n) is 5.57. The summed E-state index contributed by atoms with van der Waals surface area (Å²) in [6, 6.07) is 8.18. The second kappa shape index (κ2) is 7.57. The lowest BCUT2D eigenvalue weighted by atomic mass is 10.0. The highest BCUT2D eigenvalue weighted by molar-refractivity contribution is 5.96. The van der Waals surface area contributed by atoms with Crippen LogP contribution in [-0.4, -0.2) is 38.3 Å². The maximum atomic E-state index is 12.9. The van der Waals surface area contributed by atoms with Crippen molar-refractivity contribution >= 4 is 11.6 Å². The molecule has 1 amide bonds. The molecular weight excluding hydrogens is 264 g/mol. The molecule has 1 N–H and O–H groups in total. The van der Waals surface area contributed by atoms with Crippen LogP contribution in [-0.2, 0) is 9.53 Å². The summed E-state index contributed by atoms with van der Waals surface area (Å²) >= 11 is 0. The number of carbonyl (C=O) groups excluding carboxylic acids is 1. The molecule has 1 fully saturated rings. The fourth-order valence-corrected chi connectivity index (χ4v) is 2.84. The van der Waals surface area contributed by atoms with Gasteiger partial charge in [0.2, 0.25) is 5.91 Å². The Labute approximate surface area is 127 Å². The Morgan fingerprint density at radius 2 is 2.10 bits per heavy atom. The van der Waals surface area contributed by atoms with Gasteiger partial charge in [-0.05, 0) is 38.4 Å². The predicted octanol–water partition coefficient (Wildman–Crippen LogP) is 2.36. The zero-order valence-electron chi connectivity index (χ0n) is 13.3. The first kappa shape index (κ1) is 16.0. The first-order valence-electron chi connectivity index (χ1n) is 7.87. The summed E-state index contributed by atoms with van der Waals surface area (Å²) in [7, 11) is 0. The van der Waals surface area contributed by atoms with E-state index >= 15 is 0 Å². The van der Waals surface area contributed by atoms with Crippen LogP contribution >= 0.6 is 0 Å². The van der Waals surface area contributed by atoms with Crippen molar-refractivity contribution in [1.29, 1.82) is 0 Å². The summed E-state index contributed by atoms with van der Waals surface area (Å²) in [5, 5.41) is 3.43. The summed E-state index contributed by atoms with van der Waals surface area (Å²) in [5.74, 6) is 0.0778. The number of hydrogen-bond acceptors (Lipinski definition) is 3. The molecule has 1 saturated heterocycles. The summed E-state index contributed by atoms with van der Waals surface area (Å²) in [6.07, 6.45) is 1.06. The zero-order chi connectivity index (χ0) is 15.2. The van der Waals surface area contributed by atoms with Gasteiger partial charge in [-0.25, -0.2) is 0 Å². The lowest BCUT2D eigenvalue weighted by molar-refractivity contribution is -0.122. The van der Waals surface area contributed by atoms with E-state index in [9.17, 15) is 4.79 Å². The van der Waals surface area contributed by atoms with Crippen molar-refractivity contribution < 1.29 is 9.53 Å². The van der Waals surface area contributed by atoms with Gasteiger partial charge in [0.05, 0.1) is 19.1 Å². The van der Waals surface area contributed by atoms with Gasteiger partial charge in [-0.3, -0.25) is 4.79 Å². The molecule has 4 heteroatoms. The monoisotopic (exact) mass is 290 g/mol. The molecule has 0 spiro atoms. The molecular formula is C17H26N2O2. The number of carbonyl (C=O) groups is 1. The van der Waals surface area contributed by atoms with Crippen LogP contribution in [0.25, 0.3) is 0 Å². The number of nitrogens with one attached hydrogen (secondary N) is 1. The Morgan fingerprint density at radius 3 is 2.76 bits per heavy atom. The number of para-hydroxylation sites is 1. The Hall–Kier alpha value is -1.39. The van der Waals surface area contributed by atoms with E-state index in [4.69, 9.17) is 4.74 Å². The van der Waals surface area contributed by atoms with E-state index in [1.165, 1.54) is 0 Å². The first-order valence-corrected chi connectivity index (χ1v) is 7.87. The van der Waals surface area contributed by atoms with Crippen molar-refractivity contribution in [2.75, 3.05) is 31.2 Å². The third kappa shape index (κ3) is 3.63. The highest BCUT2D eigenvalue weighted by Crippen LogP contribution is 2.24. The fourth-order valence-electron chi connectivity index (χ4n) is 2.84. The van der Waals surface area contributed by atoms with E-state index in [-0.39, 0.29) is 17.9 Å². The molecule has 1 heterocycles. The van der Waals surface area contributed by atoms with Crippen LogP contribution in [0.2, 0.25) is 0 Å². The molecule has 2 unspecified atom stereocenters. The largest absolute Gasteiger partial charge is 0.379 e. The summed E-state index contributed by atoms with van der Waals surface area (Å²) in [6.45, 7) is 8.95. The van der Waals surface area contributed by atoms with E-state index in [2.05, 4.69) is 12.2 Å². The minimum atomic E-state index is -0.0869. The minimum absolute atomic E-state index is 0.0869. The van der Waals surface area contributed by atoms with Gasteiger partial charge in [0.25, 0.3) is 0 Å². The van der Waals surface area contributed by atoms with Crippen molar-refractivity contribution in [2.24, 2.45) is 5.92 Å². The van der Waals surface area contributed by atoms with Crippen molar-refractivity contribution in [3.8, 4) is 0 Å². The van der Waals surface area contributed by atoms with Crippen molar-refractivity contribution in [3.05, 3.63) is 29.8 Å². The molecule has 2 rings (SSSR count). The SMILES string of the molecule is CCCNC1COCC1C(=O)N(CC)c1ccccc1C. The zero-order valence-corrected chi connectivity index (χ0v) is 13.3. The quantitative estimate of drug-likeness (QED) is 0.874. The minimum Gasteiger partial charge on any atom is -0.379 e. The van der Waals surface area contributed by atoms with Crippen molar-refractivity contribution in [1.82, 2.24) is 5.32 Å². The van der Waals surface area contributed by atoms with Crippen LogP contribution in [0, 0.1) is 12.8 Å². The standard InChI is InChI=1S/C17H26N2O2/c1-4-10-18-15-12-21-11-14(15)17(20)19(5-2)16-9-7-6-8-13(16)3/h6-9,14-15,18H,4-5,10-12H2,1-3H3. The normalized spacial score (nSPS) is 21.5. The number of benzene rings is 1. The Bertz CT molecular complexity index is 476. The summed E-state index contributed by atoms with van der Waals surface area (Å²) in [5.41, 5.74) is 2.14. The highest BCUT2D eigenvalue weighted by atomic mass is 16.5. The van der Waals surface area contributed by atoms with Crippen LogP contribution in [0.1, 0.15) is 25.8 Å². The Morgan fingerprint density at radius 1 is 1.33 bits per heavy atom. The van der Waals surface area contributed by atoms with Crippen molar-refractivity contribution in [3.63, 3.8) is 0 Å². The van der Waals surface area contributed by atoms with Crippen LogP contribution < -0.4 is 10.2 Å². The molecule has 1 aliphatic rings. The van der Waals surface area contributed by atoms with Crippen LogP contribution in [0.5, 0.6) is 0 Å². The summed E-state index contributed by atoms with van der Waals surface area (Å²) < 4.78 is 5.54. The van der Waals surface area contributed by atoms with Gasteiger partial charge in [0.15, 0.2) is 0 Å². The number of aryl methyl sites for hydroxylation is 1. The first-order chi connectivity index (χ1) is 10.2. The van der Waals surface area contributed by atoms with Crippen LogP contribution in [0.15, 0.2) is 24.3 Å². The number of ether oxygens (including phenoxy) is 1. The van der Waals surface area contributed by atoms with Gasteiger partial charge in [0, 0.05) is 18.3 Å². The second-order valence-corrected chi connectivity index (χ2v) is 5.57. The molecule has 21 heavy (non-hydrogen) atoms. The summed E-state index contributed by atoms with van der Waals surface area (Å²) in [4.78, 5) is 14.8. The Kier molecular flexibility index (Phi) is 5.76. The van der Waals surface area contributed by atoms with Crippen molar-refractivity contribution in [2.45, 2.75) is 33.2 Å². The van der Waals surface area contributed by atoms with E-state index < -0.39 is 0 Å². The van der Waals surface area contributed by atoms with Crippen LogP contribution in [0.4, 0.5) is 5.69 Å². The van der Waals surface area contributed by atoms with Gasteiger partial charge >= 0.3 is 0 Å². The van der Waals surface area contributed by atoms with Crippen LogP contribution in [0.3, 0.4) is 0 Å². The lowest BCUT2D eigenvalue weighted by Crippen LogP contribution is -2.46. The molecule has 4 nitrogen and oxygen atoms in total. The highest BCUT2D eigenvalue weighted by Gasteiger charge is 2.36. The molecule has 0 radical (unpaired) electrons. The lowest BCUT2D eigenvalue weighted by Gasteiger charge is -2.28. The number of anilines is 1. The average Bonchev–Trinajstić information content (AvgIpc) is 2.96. The molecule has 0 saturated carbocycles. The maximum absolute atomic E-state index is 12.9. The smallest absolute Gasteiger partial charge is 0.234 e. The van der Waals surface area contributed by atoms with Gasteiger partial charge in [-0.15, -0.1) is 0 Å². The molecule has 0 aromatic heterocycles. The molecule has 2 atom stereocenters. The van der Waals surface area contributed by atoms with E-state index in [1.54, 1.807) is 0 Å². The van der Waals surface area contributed by atoms with E-state index in [1.807, 2.05) is 43.0 Å². The number of nitrogens with zero attached hydrogens (tertiary/aromatic N) is 1. The molecule has 0 bridgehead atoms. The van der Waals surface area contributed by atoms with Gasteiger partial charge in [0.1, 0.15) is 0 Å². The van der Waals surface area contributed by atoms with E-state index in [0.29, 0.717) is 19.8 Å². The molecule has 0 aliphatic carbocycles. The van der Waals surface area contributed by atoms with Gasteiger partial charge in [-0.1, -0.05) is 25.1 Å². The van der Waals surface area contributed by atoms with Gasteiger partial charge < -0.3 is 15.0 Å². The Balaban J connectivity index is 2.14. The topological polar surface area (TPSA) is 41.6 Å². The van der Waals surface area contributed by atoms with E-state index in [0.717, 1.165) is 24.2 Å². The number of rotatable bonds is 6. The number of hydrogen-bond donors (Lipinski definition) is 1. The fraction of sp³-hybridized carbons (Fsp3) is 0.588.